The van der Waals surface area contributed by atoms with Crippen LogP contribution in [0.1, 0.15) is 22.2 Å². The Balaban J connectivity index is 1.52. The predicted octanol–water partition coefficient (Wildman–Crippen LogP) is 3.11. The smallest absolute Gasteiger partial charge is 0.251 e. The summed E-state index contributed by atoms with van der Waals surface area (Å²) in [5.74, 6) is 0.617. The van der Waals surface area contributed by atoms with Crippen molar-refractivity contribution in [1.29, 1.82) is 0 Å². The number of carbonyl (C=O) groups excluding carboxylic acids is 1. The zero-order valence-corrected chi connectivity index (χ0v) is 13.4. The Morgan fingerprint density at radius 3 is 3.08 bits per heavy atom. The van der Waals surface area contributed by atoms with Crippen LogP contribution in [0.4, 0.5) is 0 Å². The molecule has 0 aliphatic rings. The molecular formula is C17H14N4O2S. The molecule has 4 aromatic rings. The number of carbonyl (C=O) groups is 1. The molecule has 24 heavy (non-hydrogen) atoms. The van der Waals surface area contributed by atoms with Crippen LogP contribution in [0.3, 0.4) is 0 Å². The molecule has 1 amide bonds. The highest BCUT2D eigenvalue weighted by Crippen LogP contribution is 2.20. The summed E-state index contributed by atoms with van der Waals surface area (Å²) in [7, 11) is 0. The van der Waals surface area contributed by atoms with Crippen LogP contribution in [0.5, 0.6) is 0 Å². The molecule has 7 heteroatoms. The van der Waals surface area contributed by atoms with E-state index in [2.05, 4.69) is 15.4 Å². The average molecular weight is 338 g/mol. The summed E-state index contributed by atoms with van der Waals surface area (Å²) in [6.07, 6.45) is 5.17. The minimum absolute atomic E-state index is 0.131. The third kappa shape index (κ3) is 2.81. The minimum Gasteiger partial charge on any atom is -0.467 e. The van der Waals surface area contributed by atoms with E-state index < -0.39 is 0 Å². The Morgan fingerprint density at radius 1 is 1.33 bits per heavy atom. The maximum atomic E-state index is 12.5. The highest BCUT2D eigenvalue weighted by Gasteiger charge is 2.18. The molecule has 0 saturated carbocycles. The number of nitrogens with zero attached hydrogens (tertiary/aromatic N) is 3. The summed E-state index contributed by atoms with van der Waals surface area (Å²) >= 11 is 1.52. The lowest BCUT2D eigenvalue weighted by Crippen LogP contribution is -2.31. The lowest BCUT2D eigenvalue weighted by atomic mass is 10.2. The number of hydrogen-bond donors (Lipinski definition) is 1. The molecule has 1 aromatic carbocycles. The fraction of sp³-hybridized carbons (Fsp3) is 0.118. The van der Waals surface area contributed by atoms with Gasteiger partial charge in [-0.05, 0) is 36.4 Å². The number of furan rings is 1. The highest BCUT2D eigenvalue weighted by atomic mass is 32.1. The third-order valence-corrected chi connectivity index (χ3v) is 4.56. The van der Waals surface area contributed by atoms with Gasteiger partial charge < -0.3 is 9.73 Å². The number of hydrogen-bond acceptors (Lipinski definition) is 5. The average Bonchev–Trinajstić information content (AvgIpc) is 3.36. The SMILES string of the molecule is O=C(NC[C@H](c1ccco1)n1cccn1)c1ccc2ncsc2c1. The Kier molecular flexibility index (Phi) is 3.84. The maximum Gasteiger partial charge on any atom is 0.251 e. The second-order valence-electron chi connectivity index (χ2n) is 5.26. The number of amides is 1. The van der Waals surface area contributed by atoms with Crippen molar-refractivity contribution >= 4 is 27.5 Å². The van der Waals surface area contributed by atoms with Gasteiger partial charge in [0.2, 0.25) is 0 Å². The maximum absolute atomic E-state index is 12.5. The van der Waals surface area contributed by atoms with Gasteiger partial charge in [-0.1, -0.05) is 0 Å². The van der Waals surface area contributed by atoms with Crippen molar-refractivity contribution in [2.75, 3.05) is 6.54 Å². The van der Waals surface area contributed by atoms with Crippen molar-refractivity contribution < 1.29 is 9.21 Å². The topological polar surface area (TPSA) is 73.0 Å². The molecule has 0 aliphatic heterocycles. The first-order chi connectivity index (χ1) is 11.8. The van der Waals surface area contributed by atoms with E-state index in [9.17, 15) is 4.79 Å². The zero-order valence-electron chi connectivity index (χ0n) is 12.6. The summed E-state index contributed by atoms with van der Waals surface area (Å²) in [6, 6.07) is 10.9. The number of fused-ring (bicyclic) bond motifs is 1. The van der Waals surface area contributed by atoms with Crippen LogP contribution in [0, 0.1) is 0 Å². The summed E-state index contributed by atoms with van der Waals surface area (Å²) in [4.78, 5) is 16.7. The van der Waals surface area contributed by atoms with E-state index in [0.717, 1.165) is 16.0 Å². The van der Waals surface area contributed by atoms with E-state index in [1.54, 1.807) is 28.7 Å². The molecular weight excluding hydrogens is 324 g/mol. The van der Waals surface area contributed by atoms with Crippen molar-refractivity contribution in [3.8, 4) is 0 Å². The summed E-state index contributed by atoms with van der Waals surface area (Å²) in [5.41, 5.74) is 3.30. The molecule has 0 aliphatic carbocycles. The van der Waals surface area contributed by atoms with Crippen molar-refractivity contribution in [1.82, 2.24) is 20.1 Å². The molecule has 1 N–H and O–H groups in total. The molecule has 0 bridgehead atoms. The zero-order chi connectivity index (χ0) is 16.4. The first kappa shape index (κ1) is 14.6. The highest BCUT2D eigenvalue weighted by molar-refractivity contribution is 7.16. The lowest BCUT2D eigenvalue weighted by molar-refractivity contribution is 0.0948. The van der Waals surface area contributed by atoms with Crippen molar-refractivity contribution in [2.45, 2.75) is 6.04 Å². The standard InChI is InChI=1S/C17H14N4O2S/c22-17(12-4-5-13-16(9-12)24-11-19-13)18-10-14(15-3-1-8-23-15)21-7-2-6-20-21/h1-9,11,14H,10H2,(H,18,22)/t14-/m1/s1. The molecule has 3 heterocycles. The Labute approximate surface area is 141 Å². The van der Waals surface area contributed by atoms with Gasteiger partial charge in [-0.15, -0.1) is 11.3 Å². The summed E-state index contributed by atoms with van der Waals surface area (Å²) < 4.78 is 8.25. The molecule has 0 radical (unpaired) electrons. The summed E-state index contributed by atoms with van der Waals surface area (Å²) in [5, 5.41) is 7.21. The van der Waals surface area contributed by atoms with E-state index in [4.69, 9.17) is 4.42 Å². The van der Waals surface area contributed by atoms with E-state index in [-0.39, 0.29) is 11.9 Å². The van der Waals surface area contributed by atoms with Gasteiger partial charge in [-0.25, -0.2) is 4.98 Å². The van der Waals surface area contributed by atoms with Crippen molar-refractivity contribution in [3.05, 3.63) is 71.9 Å². The third-order valence-electron chi connectivity index (χ3n) is 3.77. The van der Waals surface area contributed by atoms with Crippen LogP contribution in [-0.4, -0.2) is 27.2 Å². The first-order valence-electron chi connectivity index (χ1n) is 7.45. The number of thiazole rings is 1. The monoisotopic (exact) mass is 338 g/mol. The number of rotatable bonds is 5. The van der Waals surface area contributed by atoms with E-state index in [0.29, 0.717) is 12.1 Å². The normalized spacial score (nSPS) is 12.3. The van der Waals surface area contributed by atoms with Gasteiger partial charge in [0.05, 0.1) is 22.0 Å². The van der Waals surface area contributed by atoms with Crippen LogP contribution in [0.25, 0.3) is 10.2 Å². The Hall–Kier alpha value is -2.93. The predicted molar refractivity (Wildman–Crippen MR) is 91.0 cm³/mol. The number of benzene rings is 1. The molecule has 120 valence electrons. The van der Waals surface area contributed by atoms with Gasteiger partial charge in [-0.3, -0.25) is 9.48 Å². The second-order valence-corrected chi connectivity index (χ2v) is 6.15. The van der Waals surface area contributed by atoms with Crippen LogP contribution in [0.2, 0.25) is 0 Å². The number of nitrogens with one attached hydrogen (secondary N) is 1. The fourth-order valence-electron chi connectivity index (χ4n) is 2.56. The molecule has 0 fully saturated rings. The van der Waals surface area contributed by atoms with E-state index in [1.807, 2.05) is 36.5 Å². The molecule has 1 atom stereocenters. The second kappa shape index (κ2) is 6.29. The molecule has 0 spiro atoms. The molecule has 0 saturated heterocycles. The fourth-order valence-corrected chi connectivity index (χ4v) is 3.27. The largest absolute Gasteiger partial charge is 0.467 e. The molecule has 6 nitrogen and oxygen atoms in total. The van der Waals surface area contributed by atoms with Gasteiger partial charge >= 0.3 is 0 Å². The molecule has 0 unspecified atom stereocenters. The number of aromatic nitrogens is 3. The molecule has 4 rings (SSSR count). The van der Waals surface area contributed by atoms with Crippen LogP contribution >= 0.6 is 11.3 Å². The van der Waals surface area contributed by atoms with Crippen molar-refractivity contribution in [2.24, 2.45) is 0 Å². The summed E-state index contributed by atoms with van der Waals surface area (Å²) in [6.45, 7) is 0.384. The Bertz CT molecular complexity index is 910. The Morgan fingerprint density at radius 2 is 2.29 bits per heavy atom. The van der Waals surface area contributed by atoms with Gasteiger partial charge in [-0.2, -0.15) is 5.10 Å². The van der Waals surface area contributed by atoms with Crippen LogP contribution in [-0.2, 0) is 0 Å². The van der Waals surface area contributed by atoms with Gasteiger partial charge in [0.25, 0.3) is 5.91 Å². The van der Waals surface area contributed by atoms with Crippen LogP contribution < -0.4 is 5.32 Å². The minimum atomic E-state index is -0.189. The molecule has 3 aromatic heterocycles. The van der Waals surface area contributed by atoms with Crippen LogP contribution in [0.15, 0.2) is 65.0 Å². The van der Waals surface area contributed by atoms with Gasteiger partial charge in [0, 0.05) is 24.5 Å². The van der Waals surface area contributed by atoms with E-state index in [1.165, 1.54) is 11.3 Å². The van der Waals surface area contributed by atoms with Gasteiger partial charge in [0.15, 0.2) is 0 Å². The first-order valence-corrected chi connectivity index (χ1v) is 8.33. The quantitative estimate of drug-likeness (QED) is 0.607. The van der Waals surface area contributed by atoms with Gasteiger partial charge in [0.1, 0.15) is 11.8 Å². The lowest BCUT2D eigenvalue weighted by Gasteiger charge is -2.16. The van der Waals surface area contributed by atoms with Crippen molar-refractivity contribution in [3.63, 3.8) is 0 Å². The van der Waals surface area contributed by atoms with E-state index >= 15 is 0 Å².